The second-order valence-electron chi connectivity index (χ2n) is 3.05. The van der Waals surface area contributed by atoms with E-state index in [2.05, 4.69) is 24.2 Å². The normalized spacial score (nSPS) is 22.6. The fraction of sp³-hybridized carbons (Fsp3) is 1.00. The summed E-state index contributed by atoms with van der Waals surface area (Å²) >= 11 is 0. The largest absolute Gasteiger partial charge is 1.00 e. The van der Waals surface area contributed by atoms with E-state index in [0.29, 0.717) is 0 Å². The molecular formula is C10H23KN2. The molecule has 13 heavy (non-hydrogen) atoms. The molecule has 1 atom stereocenters. The Labute approximate surface area is 126 Å². The predicted octanol–water partition coefficient (Wildman–Crippen LogP) is -0.496. The maximum Gasteiger partial charge on any atom is 1.00 e. The summed E-state index contributed by atoms with van der Waals surface area (Å²) in [5.74, 6) is 0. The van der Waals surface area contributed by atoms with Gasteiger partial charge in [-0.05, 0) is 26.1 Å². The molecule has 1 aliphatic rings. The van der Waals surface area contributed by atoms with E-state index in [4.69, 9.17) is 0 Å². The van der Waals surface area contributed by atoms with Crippen LogP contribution in [0.3, 0.4) is 0 Å². The third-order valence-electron chi connectivity index (χ3n) is 2.20. The molecule has 1 fully saturated rings. The molecule has 0 N–H and O–H groups in total. The summed E-state index contributed by atoms with van der Waals surface area (Å²) in [5.41, 5.74) is 0. The van der Waals surface area contributed by atoms with E-state index in [1.807, 2.05) is 13.8 Å². The minimum atomic E-state index is 0. The van der Waals surface area contributed by atoms with Crippen LogP contribution < -0.4 is 51.4 Å². The molecule has 1 rings (SSSR count). The maximum absolute atomic E-state index is 4.39. The zero-order valence-corrected chi connectivity index (χ0v) is 13.1. The van der Waals surface area contributed by atoms with Gasteiger partial charge in [0.05, 0.1) is 0 Å². The minimum Gasteiger partial charge on any atom is -0.660 e. The molecule has 1 unspecified atom stereocenters. The fourth-order valence-corrected chi connectivity index (χ4v) is 1.44. The van der Waals surface area contributed by atoms with Crippen LogP contribution in [0.2, 0.25) is 0 Å². The van der Waals surface area contributed by atoms with E-state index in [1.165, 1.54) is 12.8 Å². The quantitative estimate of drug-likeness (QED) is 0.562. The first-order valence-electron chi connectivity index (χ1n) is 5.18. The first kappa shape index (κ1) is 17.0. The van der Waals surface area contributed by atoms with Crippen molar-refractivity contribution in [2.75, 3.05) is 26.7 Å². The predicted molar refractivity (Wildman–Crippen MR) is 55.8 cm³/mol. The van der Waals surface area contributed by atoms with Gasteiger partial charge in [0.2, 0.25) is 0 Å². The first-order chi connectivity index (χ1) is 5.84. The van der Waals surface area contributed by atoms with Gasteiger partial charge in [-0.2, -0.15) is 0 Å². The second kappa shape index (κ2) is 11.6. The molecule has 1 saturated heterocycles. The Hall–Kier alpha value is 1.56. The Bertz CT molecular complexity index is 96.9. The summed E-state index contributed by atoms with van der Waals surface area (Å²) < 4.78 is 0. The summed E-state index contributed by atoms with van der Waals surface area (Å²) in [7, 11) is 2.20. The molecule has 74 valence electrons. The monoisotopic (exact) mass is 210 g/mol. The summed E-state index contributed by atoms with van der Waals surface area (Å²) in [6.07, 6.45) is 2.59. The van der Waals surface area contributed by atoms with Crippen LogP contribution >= 0.6 is 0 Å². The van der Waals surface area contributed by atoms with Gasteiger partial charge in [0.15, 0.2) is 0 Å². The SMILES string of the molecule is CC.CCCC1C[N-]CCN1C.[K+]. The van der Waals surface area contributed by atoms with Crippen molar-refractivity contribution in [3.63, 3.8) is 0 Å². The second-order valence-corrected chi connectivity index (χ2v) is 3.05. The van der Waals surface area contributed by atoms with E-state index < -0.39 is 0 Å². The zero-order chi connectivity index (χ0) is 9.40. The first-order valence-corrected chi connectivity index (χ1v) is 5.18. The van der Waals surface area contributed by atoms with Gasteiger partial charge in [-0.15, -0.1) is 13.1 Å². The van der Waals surface area contributed by atoms with Gasteiger partial charge in [-0.25, -0.2) is 0 Å². The number of likely N-dealkylation sites (N-methyl/N-ethyl adjacent to an activating group) is 1. The van der Waals surface area contributed by atoms with E-state index in [1.54, 1.807) is 0 Å². The minimum absolute atomic E-state index is 0. The summed E-state index contributed by atoms with van der Waals surface area (Å²) in [4.78, 5) is 2.43. The van der Waals surface area contributed by atoms with Crippen molar-refractivity contribution in [2.24, 2.45) is 0 Å². The Balaban J connectivity index is 0. The van der Waals surface area contributed by atoms with Gasteiger partial charge in [0.25, 0.3) is 0 Å². The number of rotatable bonds is 2. The Morgan fingerprint density at radius 1 is 1.38 bits per heavy atom. The molecule has 0 aliphatic carbocycles. The topological polar surface area (TPSA) is 17.3 Å². The van der Waals surface area contributed by atoms with Crippen molar-refractivity contribution >= 4 is 0 Å². The van der Waals surface area contributed by atoms with E-state index >= 15 is 0 Å². The van der Waals surface area contributed by atoms with Gasteiger partial charge in [-0.1, -0.05) is 27.2 Å². The van der Waals surface area contributed by atoms with Crippen molar-refractivity contribution in [3.8, 4) is 0 Å². The summed E-state index contributed by atoms with van der Waals surface area (Å²) in [5, 5.41) is 4.39. The molecule has 2 nitrogen and oxygen atoms in total. The summed E-state index contributed by atoms with van der Waals surface area (Å²) in [6, 6.07) is 0.735. The molecule has 0 saturated carbocycles. The zero-order valence-electron chi connectivity index (χ0n) is 10.0. The molecule has 0 bridgehead atoms. The molecular weight excluding hydrogens is 187 g/mol. The van der Waals surface area contributed by atoms with Gasteiger partial charge < -0.3 is 10.2 Å². The number of hydrogen-bond acceptors (Lipinski definition) is 1. The van der Waals surface area contributed by atoms with Crippen LogP contribution in [0.25, 0.3) is 5.32 Å². The van der Waals surface area contributed by atoms with Crippen LogP contribution in [-0.2, 0) is 0 Å². The molecule has 1 heterocycles. The maximum atomic E-state index is 4.39. The molecule has 0 aromatic heterocycles. The van der Waals surface area contributed by atoms with Crippen LogP contribution in [0.4, 0.5) is 0 Å². The van der Waals surface area contributed by atoms with Gasteiger partial charge in [-0.3, -0.25) is 0 Å². The van der Waals surface area contributed by atoms with E-state index in [-0.39, 0.29) is 51.4 Å². The summed E-state index contributed by atoms with van der Waals surface area (Å²) in [6.45, 7) is 9.49. The van der Waals surface area contributed by atoms with Gasteiger partial charge in [0, 0.05) is 0 Å². The van der Waals surface area contributed by atoms with Crippen LogP contribution in [0.1, 0.15) is 33.6 Å². The Morgan fingerprint density at radius 3 is 2.46 bits per heavy atom. The van der Waals surface area contributed by atoms with Crippen molar-refractivity contribution in [1.29, 1.82) is 0 Å². The molecule has 0 radical (unpaired) electrons. The van der Waals surface area contributed by atoms with Crippen LogP contribution in [0.15, 0.2) is 0 Å². The van der Waals surface area contributed by atoms with Crippen molar-refractivity contribution in [3.05, 3.63) is 5.32 Å². The Morgan fingerprint density at radius 2 is 2.00 bits per heavy atom. The average molecular weight is 210 g/mol. The molecule has 0 amide bonds. The third kappa shape index (κ3) is 7.48. The van der Waals surface area contributed by atoms with E-state index in [9.17, 15) is 0 Å². The fourth-order valence-electron chi connectivity index (χ4n) is 1.44. The number of piperazine rings is 1. The van der Waals surface area contributed by atoms with Crippen molar-refractivity contribution in [1.82, 2.24) is 4.90 Å². The smallest absolute Gasteiger partial charge is 0.660 e. The van der Waals surface area contributed by atoms with Crippen LogP contribution in [0, 0.1) is 0 Å². The number of hydrogen-bond donors (Lipinski definition) is 0. The van der Waals surface area contributed by atoms with Gasteiger partial charge >= 0.3 is 51.4 Å². The molecule has 0 spiro atoms. The van der Waals surface area contributed by atoms with E-state index in [0.717, 1.165) is 25.7 Å². The standard InChI is InChI=1S/C8H17N2.C2H6.K/c1-3-4-8-7-9-5-6-10(8)2;1-2;/h8H,3-7H2,1-2H3;1-2H3;/q-1;;+1. The van der Waals surface area contributed by atoms with Crippen LogP contribution in [0.5, 0.6) is 0 Å². The number of nitrogens with zero attached hydrogens (tertiary/aromatic N) is 2. The van der Waals surface area contributed by atoms with Crippen LogP contribution in [-0.4, -0.2) is 37.6 Å². The average Bonchev–Trinajstić information content (AvgIpc) is 2.13. The molecule has 1 aliphatic heterocycles. The molecule has 0 aromatic rings. The Kier molecular flexibility index (Phi) is 15.2. The van der Waals surface area contributed by atoms with Crippen molar-refractivity contribution < 1.29 is 51.4 Å². The van der Waals surface area contributed by atoms with Crippen molar-refractivity contribution in [2.45, 2.75) is 39.7 Å². The molecule has 3 heteroatoms. The van der Waals surface area contributed by atoms with Gasteiger partial charge in [0.1, 0.15) is 0 Å². The third-order valence-corrected chi connectivity index (χ3v) is 2.20. The molecule has 0 aromatic carbocycles.